The van der Waals surface area contributed by atoms with E-state index in [1.807, 2.05) is 37.3 Å². The third-order valence-electron chi connectivity index (χ3n) is 6.73. The molecular weight excluding hydrogens is 459 g/mol. The number of halogens is 1. The van der Waals surface area contributed by atoms with Crippen molar-refractivity contribution in [3.05, 3.63) is 71.5 Å². The Kier molecular flexibility index (Phi) is 7.09. The van der Waals surface area contributed by atoms with Crippen LogP contribution < -0.4 is 19.5 Å². The number of carbonyl (C=O) groups excluding carboxylic acids is 1. The molecule has 7 heteroatoms. The summed E-state index contributed by atoms with van der Waals surface area (Å²) in [5, 5.41) is 2.75. The summed E-state index contributed by atoms with van der Waals surface area (Å²) in [7, 11) is 0. The number of fused-ring (bicyclic) bond motifs is 1. The minimum absolute atomic E-state index is 0.164. The first-order valence-electron chi connectivity index (χ1n) is 12.4. The van der Waals surface area contributed by atoms with Crippen LogP contribution in [0.1, 0.15) is 30.9 Å². The van der Waals surface area contributed by atoms with Crippen LogP contribution in [0, 0.1) is 18.7 Å². The highest BCUT2D eigenvalue weighted by Crippen LogP contribution is 2.37. The molecule has 0 saturated carbocycles. The van der Waals surface area contributed by atoms with Crippen LogP contribution in [-0.2, 0) is 11.3 Å². The molecule has 2 aliphatic rings. The highest BCUT2D eigenvalue weighted by atomic mass is 19.1. The molecule has 1 amide bonds. The van der Waals surface area contributed by atoms with Gasteiger partial charge in [-0.3, -0.25) is 9.69 Å². The van der Waals surface area contributed by atoms with E-state index in [9.17, 15) is 9.18 Å². The number of aryl methyl sites for hydroxylation is 1. The summed E-state index contributed by atoms with van der Waals surface area (Å²) in [5.74, 6) is 2.09. The Balaban J connectivity index is 1.35. The molecule has 1 N–H and O–H groups in total. The van der Waals surface area contributed by atoms with E-state index in [0.717, 1.165) is 53.4 Å². The fourth-order valence-electron chi connectivity index (χ4n) is 4.83. The number of hydrogen-bond acceptors (Lipinski definition) is 5. The normalized spacial score (nSPS) is 17.1. The number of ether oxygens (including phenoxy) is 3. The summed E-state index contributed by atoms with van der Waals surface area (Å²) >= 11 is 0. The van der Waals surface area contributed by atoms with Crippen molar-refractivity contribution in [2.45, 2.75) is 33.2 Å². The largest absolute Gasteiger partial charge is 0.483 e. The molecule has 0 aromatic heterocycles. The van der Waals surface area contributed by atoms with E-state index >= 15 is 0 Å². The van der Waals surface area contributed by atoms with Crippen molar-refractivity contribution in [3.8, 4) is 28.4 Å². The second kappa shape index (κ2) is 10.6. The number of likely N-dealkylation sites (tertiary alicyclic amines) is 1. The maximum Gasteiger partial charge on any atom is 0.262 e. The summed E-state index contributed by atoms with van der Waals surface area (Å²) < 4.78 is 30.6. The minimum atomic E-state index is -0.394. The van der Waals surface area contributed by atoms with Crippen molar-refractivity contribution in [1.82, 2.24) is 4.90 Å². The van der Waals surface area contributed by atoms with Gasteiger partial charge in [0.25, 0.3) is 5.91 Å². The van der Waals surface area contributed by atoms with Gasteiger partial charge in [-0.2, -0.15) is 0 Å². The maximum absolute atomic E-state index is 13.6. The second-order valence-electron chi connectivity index (χ2n) is 9.67. The molecule has 0 radical (unpaired) electrons. The minimum Gasteiger partial charge on any atom is -0.483 e. The Morgan fingerprint density at radius 2 is 1.89 bits per heavy atom. The fourth-order valence-corrected chi connectivity index (χ4v) is 4.83. The highest BCUT2D eigenvalue weighted by molar-refractivity contribution is 5.92. The molecule has 1 fully saturated rings. The van der Waals surface area contributed by atoms with Gasteiger partial charge in [-0.1, -0.05) is 25.1 Å². The smallest absolute Gasteiger partial charge is 0.262 e. The van der Waals surface area contributed by atoms with Gasteiger partial charge in [0.15, 0.2) is 18.1 Å². The van der Waals surface area contributed by atoms with Gasteiger partial charge in [-0.25, -0.2) is 4.39 Å². The summed E-state index contributed by atoms with van der Waals surface area (Å²) in [6, 6.07) is 16.3. The lowest BCUT2D eigenvalue weighted by molar-refractivity contribution is -0.118. The molecule has 2 heterocycles. The van der Waals surface area contributed by atoms with Crippen LogP contribution >= 0.6 is 0 Å². The highest BCUT2D eigenvalue weighted by Gasteiger charge is 2.20. The van der Waals surface area contributed by atoms with E-state index < -0.39 is 5.82 Å². The van der Waals surface area contributed by atoms with Crippen LogP contribution in [0.3, 0.4) is 0 Å². The van der Waals surface area contributed by atoms with E-state index in [0.29, 0.717) is 17.4 Å². The zero-order chi connectivity index (χ0) is 25.1. The Hall–Kier alpha value is -3.58. The summed E-state index contributed by atoms with van der Waals surface area (Å²) in [5.41, 5.74) is 4.33. The first-order valence-corrected chi connectivity index (χ1v) is 12.4. The number of piperidine rings is 1. The molecular formula is C29H31FN2O4. The molecule has 6 nitrogen and oxygen atoms in total. The van der Waals surface area contributed by atoms with Gasteiger partial charge in [-0.05, 0) is 85.3 Å². The molecule has 2 aliphatic heterocycles. The lowest BCUT2D eigenvalue weighted by atomic mass is 9.98. The van der Waals surface area contributed by atoms with Crippen molar-refractivity contribution < 1.29 is 23.4 Å². The van der Waals surface area contributed by atoms with Gasteiger partial charge < -0.3 is 19.5 Å². The predicted molar refractivity (Wildman–Crippen MR) is 137 cm³/mol. The standard InChI is InChI=1S/C29H31FN2O4/c1-19-4-3-11-32(15-19)16-23-12-21(22-7-10-27-28(13-22)36-18-35-27)6-9-26(23)34-17-29(33)31-25-14-24(30)8-5-20(25)2/h5-10,12-14,19H,3-4,11,15-18H2,1-2H3,(H,31,33). The quantitative estimate of drug-likeness (QED) is 0.455. The van der Waals surface area contributed by atoms with E-state index in [1.165, 1.54) is 25.0 Å². The Bertz CT molecular complexity index is 1260. The molecule has 188 valence electrons. The van der Waals surface area contributed by atoms with Crippen molar-refractivity contribution in [2.75, 3.05) is 31.8 Å². The molecule has 5 rings (SSSR count). The fraction of sp³-hybridized carbons (Fsp3) is 0.345. The predicted octanol–water partition coefficient (Wildman–Crippen LogP) is 5.78. The lowest BCUT2D eigenvalue weighted by Gasteiger charge is -2.31. The lowest BCUT2D eigenvalue weighted by Crippen LogP contribution is -2.33. The zero-order valence-corrected chi connectivity index (χ0v) is 20.7. The molecule has 0 spiro atoms. The summed E-state index contributed by atoms with van der Waals surface area (Å²) in [6.07, 6.45) is 2.42. The molecule has 3 aromatic carbocycles. The number of carbonyl (C=O) groups is 1. The number of benzene rings is 3. The van der Waals surface area contributed by atoms with Crippen molar-refractivity contribution >= 4 is 11.6 Å². The van der Waals surface area contributed by atoms with Crippen molar-refractivity contribution in [3.63, 3.8) is 0 Å². The summed E-state index contributed by atoms with van der Waals surface area (Å²) in [4.78, 5) is 15.0. The van der Waals surface area contributed by atoms with Crippen molar-refractivity contribution in [1.29, 1.82) is 0 Å². The molecule has 1 atom stereocenters. The zero-order valence-electron chi connectivity index (χ0n) is 20.7. The van der Waals surface area contributed by atoms with Crippen molar-refractivity contribution in [2.24, 2.45) is 5.92 Å². The Morgan fingerprint density at radius 3 is 2.75 bits per heavy atom. The number of anilines is 1. The first-order chi connectivity index (χ1) is 17.4. The van der Waals surface area contributed by atoms with E-state index in [4.69, 9.17) is 14.2 Å². The first kappa shape index (κ1) is 24.1. The average molecular weight is 491 g/mol. The second-order valence-corrected chi connectivity index (χ2v) is 9.67. The SMILES string of the molecule is Cc1ccc(F)cc1NC(=O)COc1ccc(-c2ccc3c(c2)OCO3)cc1CN1CCCC(C)C1. The number of nitrogens with zero attached hydrogens (tertiary/aromatic N) is 1. The molecule has 1 unspecified atom stereocenters. The molecule has 0 bridgehead atoms. The number of rotatable bonds is 7. The molecule has 3 aromatic rings. The van der Waals surface area contributed by atoms with Gasteiger partial charge in [0.1, 0.15) is 11.6 Å². The number of hydrogen-bond donors (Lipinski definition) is 1. The number of amides is 1. The summed E-state index contributed by atoms with van der Waals surface area (Å²) in [6.45, 7) is 6.99. The monoisotopic (exact) mass is 490 g/mol. The third-order valence-corrected chi connectivity index (χ3v) is 6.73. The van der Waals surface area contributed by atoms with Crippen LogP contribution in [0.5, 0.6) is 17.2 Å². The Morgan fingerprint density at radius 1 is 1.08 bits per heavy atom. The van der Waals surface area contributed by atoms with Gasteiger partial charge in [0.05, 0.1) is 0 Å². The van der Waals surface area contributed by atoms with Gasteiger partial charge in [0, 0.05) is 24.3 Å². The van der Waals surface area contributed by atoms with E-state index in [-0.39, 0.29) is 19.3 Å². The van der Waals surface area contributed by atoms with Crippen LogP contribution in [0.4, 0.5) is 10.1 Å². The van der Waals surface area contributed by atoms with Gasteiger partial charge >= 0.3 is 0 Å². The third kappa shape index (κ3) is 5.62. The topological polar surface area (TPSA) is 60.0 Å². The average Bonchev–Trinajstić information content (AvgIpc) is 3.33. The Labute approximate surface area is 211 Å². The van der Waals surface area contributed by atoms with Crippen LogP contribution in [-0.4, -0.2) is 37.3 Å². The van der Waals surface area contributed by atoms with Crippen LogP contribution in [0.25, 0.3) is 11.1 Å². The van der Waals surface area contributed by atoms with Crippen LogP contribution in [0.2, 0.25) is 0 Å². The molecule has 0 aliphatic carbocycles. The van der Waals surface area contributed by atoms with Crippen LogP contribution in [0.15, 0.2) is 54.6 Å². The van der Waals surface area contributed by atoms with Gasteiger partial charge in [0.2, 0.25) is 6.79 Å². The maximum atomic E-state index is 13.6. The molecule has 36 heavy (non-hydrogen) atoms. The molecule has 1 saturated heterocycles. The van der Waals surface area contributed by atoms with E-state index in [2.05, 4.69) is 23.2 Å². The van der Waals surface area contributed by atoms with Gasteiger partial charge in [-0.15, -0.1) is 0 Å². The van der Waals surface area contributed by atoms with E-state index in [1.54, 1.807) is 6.07 Å². The number of nitrogens with one attached hydrogen (secondary N) is 1.